The predicted octanol–water partition coefficient (Wildman–Crippen LogP) is 9.97. The van der Waals surface area contributed by atoms with E-state index >= 15 is 0 Å². The Morgan fingerprint density at radius 1 is 0.366 bits per heavy atom. The molecule has 6 aliphatic heterocycles. The molecule has 0 unspecified atom stereocenters. The molecule has 0 radical (unpaired) electrons. The number of nitrogens with zero attached hydrogens (tertiary/aromatic N) is 3. The maximum absolute atomic E-state index is 7.21. The number of para-hydroxylation sites is 4. The summed E-state index contributed by atoms with van der Waals surface area (Å²) in [5, 5.41) is 3.99. The van der Waals surface area contributed by atoms with Crippen molar-refractivity contribution >= 4 is 173 Å². The molecule has 0 amide bonds. The molecule has 0 fully saturated rings. The number of benzene rings is 9. The molecule has 6 heterocycles. The van der Waals surface area contributed by atoms with Crippen LogP contribution in [0.2, 0.25) is 0 Å². The summed E-state index contributed by atoms with van der Waals surface area (Å²) in [5.74, 6) is 3.45. The molecular weight excluding hydrogens is 945 g/mol. The molecule has 0 spiro atoms. The SMILES string of the molecule is CSc1cc2c3c(c1)Oc1cc4c(cc1B3c1cc3c(cc1O2)Nc1cc(SC)cc2c1B3c1ccccc1N2c1ccccc1)B1c2ccccc2N(c2ccccc2)c2cc(SC)cc(c21)N4SC. The molecule has 71 heavy (non-hydrogen) atoms. The maximum atomic E-state index is 7.21. The lowest BCUT2D eigenvalue weighted by molar-refractivity contribution is 0.462. The zero-order chi connectivity index (χ0) is 47.2. The van der Waals surface area contributed by atoms with E-state index in [-0.39, 0.29) is 20.1 Å². The van der Waals surface area contributed by atoms with Crippen molar-refractivity contribution in [2.45, 2.75) is 14.7 Å². The highest BCUT2D eigenvalue weighted by atomic mass is 32.2. The van der Waals surface area contributed by atoms with Gasteiger partial charge >= 0.3 is 0 Å². The van der Waals surface area contributed by atoms with Crippen LogP contribution in [0.3, 0.4) is 0 Å². The van der Waals surface area contributed by atoms with E-state index in [2.05, 4.69) is 214 Å². The standard InChI is InChI=1S/C58H41B3N4O2S4/c1-68-35-23-45-56-49(24-35)63(33-15-7-5-8-16-33)46-21-13-11-19-38(46)59(56)40-29-42-52(31-44(40)62-45)66-54-27-37(70-3)28-55-58(54)61(42)43-30-41-48(32-53(43)67-55)65(71-4)51-26-36(69-2)25-50-57(51)60(41)39-20-12-14-22-47(39)64(50)34-17-9-6-10-18-34/h5-32,62H,1-4H3. The number of hydrogen-bond donors (Lipinski definition) is 1. The maximum Gasteiger partial charge on any atom is 0.260 e. The molecule has 9 aromatic carbocycles. The van der Waals surface area contributed by atoms with E-state index in [0.29, 0.717) is 0 Å². The smallest absolute Gasteiger partial charge is 0.260 e. The van der Waals surface area contributed by atoms with Gasteiger partial charge in [-0.15, -0.1) is 35.3 Å². The fourth-order valence-corrected chi connectivity index (χ4v) is 14.5. The van der Waals surface area contributed by atoms with Gasteiger partial charge in [0, 0.05) is 84.0 Å². The first kappa shape index (κ1) is 42.1. The van der Waals surface area contributed by atoms with Crippen LogP contribution in [-0.4, -0.2) is 45.2 Å². The zero-order valence-corrected chi connectivity index (χ0v) is 42.5. The summed E-state index contributed by atoms with van der Waals surface area (Å²) < 4.78 is 16.8. The average molecular weight is 987 g/mol. The van der Waals surface area contributed by atoms with Crippen LogP contribution in [0.1, 0.15) is 0 Å². The van der Waals surface area contributed by atoms with Crippen LogP contribution < -0.4 is 78.1 Å². The molecule has 0 aliphatic carbocycles. The molecular formula is C58H41B3N4O2S4. The summed E-state index contributed by atoms with van der Waals surface area (Å²) in [6.07, 6.45) is 8.66. The number of rotatable bonds is 6. The normalized spacial score (nSPS) is 14.3. The summed E-state index contributed by atoms with van der Waals surface area (Å²) in [7, 11) is 0. The predicted molar refractivity (Wildman–Crippen MR) is 310 cm³/mol. The summed E-state index contributed by atoms with van der Waals surface area (Å²) >= 11 is 7.03. The minimum Gasteiger partial charge on any atom is -0.458 e. The largest absolute Gasteiger partial charge is 0.458 e. The number of hydrogen-bond acceptors (Lipinski definition) is 10. The minimum absolute atomic E-state index is 0.0151. The molecule has 9 aromatic rings. The van der Waals surface area contributed by atoms with Gasteiger partial charge in [0.15, 0.2) is 0 Å². The Balaban J connectivity index is 0.964. The molecule has 0 saturated carbocycles. The molecule has 15 rings (SSSR count). The fraction of sp³-hybridized carbons (Fsp3) is 0.0690. The van der Waals surface area contributed by atoms with Crippen molar-refractivity contribution in [2.24, 2.45) is 0 Å². The van der Waals surface area contributed by atoms with Crippen molar-refractivity contribution in [3.63, 3.8) is 0 Å². The lowest BCUT2D eigenvalue weighted by Crippen LogP contribution is -2.64. The topological polar surface area (TPSA) is 40.2 Å². The van der Waals surface area contributed by atoms with E-state index in [1.54, 1.807) is 47.2 Å². The Kier molecular flexibility index (Phi) is 9.45. The molecule has 13 heteroatoms. The lowest BCUT2D eigenvalue weighted by Gasteiger charge is -2.44. The number of anilines is 10. The molecule has 0 saturated heterocycles. The third kappa shape index (κ3) is 6.01. The van der Waals surface area contributed by atoms with Crippen molar-refractivity contribution in [2.75, 3.05) is 44.4 Å². The number of thioether (sulfide) groups is 3. The van der Waals surface area contributed by atoms with Crippen LogP contribution in [0.5, 0.6) is 23.0 Å². The van der Waals surface area contributed by atoms with Crippen LogP contribution in [-0.2, 0) is 0 Å². The van der Waals surface area contributed by atoms with Gasteiger partial charge in [-0.05, 0) is 147 Å². The Morgan fingerprint density at radius 2 is 0.859 bits per heavy atom. The molecule has 6 aliphatic rings. The molecule has 0 bridgehead atoms. The quantitative estimate of drug-likeness (QED) is 0.0990. The molecule has 0 aromatic heterocycles. The minimum atomic E-state index is -0.152. The summed E-state index contributed by atoms with van der Waals surface area (Å²) in [6, 6.07) is 63.2. The third-order valence-corrected chi connectivity index (χ3v) is 18.2. The van der Waals surface area contributed by atoms with E-state index < -0.39 is 0 Å². The van der Waals surface area contributed by atoms with Gasteiger partial charge in [-0.1, -0.05) is 84.9 Å². The van der Waals surface area contributed by atoms with E-state index in [0.717, 1.165) is 72.7 Å². The second kappa shape index (κ2) is 15.9. The number of fused-ring (bicyclic) bond motifs is 12. The fourth-order valence-electron chi connectivity index (χ4n) is 12.4. The third-order valence-electron chi connectivity index (χ3n) is 15.3. The van der Waals surface area contributed by atoms with Crippen LogP contribution >= 0.6 is 47.2 Å². The Labute approximate surface area is 431 Å². The van der Waals surface area contributed by atoms with Gasteiger partial charge in [-0.2, -0.15) is 0 Å². The highest BCUT2D eigenvalue weighted by molar-refractivity contribution is 8.00. The first-order valence-electron chi connectivity index (χ1n) is 23.9. The van der Waals surface area contributed by atoms with Crippen molar-refractivity contribution < 1.29 is 9.47 Å². The molecule has 0 atom stereocenters. The van der Waals surface area contributed by atoms with E-state index in [1.807, 2.05) is 0 Å². The summed E-state index contributed by atoms with van der Waals surface area (Å²) in [4.78, 5) is 8.47. The van der Waals surface area contributed by atoms with Gasteiger partial charge in [-0.3, -0.25) is 4.31 Å². The lowest BCUT2D eigenvalue weighted by atomic mass is 9.29. The molecule has 6 nitrogen and oxygen atoms in total. The highest BCUT2D eigenvalue weighted by Gasteiger charge is 2.48. The van der Waals surface area contributed by atoms with Crippen LogP contribution in [0.15, 0.2) is 185 Å². The Bertz CT molecular complexity index is 3770. The zero-order valence-electron chi connectivity index (χ0n) is 39.2. The summed E-state index contributed by atoms with van der Waals surface area (Å²) in [6.45, 7) is -0.186. The van der Waals surface area contributed by atoms with Gasteiger partial charge in [0.1, 0.15) is 23.0 Å². The van der Waals surface area contributed by atoms with Gasteiger partial charge in [0.05, 0.1) is 11.4 Å². The molecule has 338 valence electrons. The number of ether oxygens (including phenoxy) is 2. The van der Waals surface area contributed by atoms with E-state index in [1.165, 1.54) is 71.0 Å². The van der Waals surface area contributed by atoms with E-state index in [4.69, 9.17) is 9.47 Å². The summed E-state index contributed by atoms with van der Waals surface area (Å²) in [5.41, 5.74) is 22.8. The highest BCUT2D eigenvalue weighted by Crippen LogP contribution is 2.48. The Morgan fingerprint density at radius 3 is 1.46 bits per heavy atom. The van der Waals surface area contributed by atoms with Crippen LogP contribution in [0.4, 0.5) is 56.9 Å². The second-order valence-corrected chi connectivity index (χ2v) is 22.1. The van der Waals surface area contributed by atoms with E-state index in [9.17, 15) is 0 Å². The van der Waals surface area contributed by atoms with Crippen molar-refractivity contribution in [3.8, 4) is 23.0 Å². The van der Waals surface area contributed by atoms with Gasteiger partial charge in [-0.25, -0.2) is 0 Å². The van der Waals surface area contributed by atoms with Gasteiger partial charge in [0.25, 0.3) is 20.1 Å². The van der Waals surface area contributed by atoms with Crippen molar-refractivity contribution in [3.05, 3.63) is 170 Å². The monoisotopic (exact) mass is 986 g/mol. The average Bonchev–Trinajstić information content (AvgIpc) is 3.42. The van der Waals surface area contributed by atoms with Gasteiger partial charge < -0.3 is 24.6 Å². The van der Waals surface area contributed by atoms with Crippen molar-refractivity contribution in [1.29, 1.82) is 0 Å². The van der Waals surface area contributed by atoms with Crippen LogP contribution in [0, 0.1) is 0 Å². The Hall–Kier alpha value is -6.63. The second-order valence-electron chi connectivity index (χ2n) is 18.7. The van der Waals surface area contributed by atoms with Crippen molar-refractivity contribution in [1.82, 2.24) is 0 Å². The van der Waals surface area contributed by atoms with Crippen LogP contribution in [0.25, 0.3) is 0 Å². The first-order valence-corrected chi connectivity index (χ1v) is 28.7. The molecule has 1 N–H and O–H groups in total. The van der Waals surface area contributed by atoms with Gasteiger partial charge in [0.2, 0.25) is 0 Å². The first-order chi connectivity index (χ1) is 35.0. The number of nitrogens with one attached hydrogen (secondary N) is 1.